The third kappa shape index (κ3) is 5.10. The highest BCUT2D eigenvalue weighted by Crippen LogP contribution is 2.71. The summed E-state index contributed by atoms with van der Waals surface area (Å²) in [4.78, 5) is 17.7. The van der Waals surface area contributed by atoms with Crippen LogP contribution in [0.5, 0.6) is 0 Å². The van der Waals surface area contributed by atoms with Crippen molar-refractivity contribution < 1.29 is 42.4 Å². The van der Waals surface area contributed by atoms with Crippen molar-refractivity contribution in [2.24, 2.45) is 16.7 Å². The molecule has 0 bridgehead atoms. The maximum absolute atomic E-state index is 14.8. The maximum atomic E-state index is 14.8. The predicted octanol–water partition coefficient (Wildman–Crippen LogP) is 8.68. The van der Waals surface area contributed by atoms with Crippen LogP contribution in [0.3, 0.4) is 0 Å². The summed E-state index contributed by atoms with van der Waals surface area (Å²) in [5.74, 6) is -1.35. The predicted molar refractivity (Wildman–Crippen MR) is 196 cm³/mol. The fourth-order valence-corrected chi connectivity index (χ4v) is 11.0. The van der Waals surface area contributed by atoms with Crippen molar-refractivity contribution in [3.8, 4) is 0 Å². The molecule has 0 amide bonds. The molecular formula is C43H54F3NO6. The molecule has 7 nitrogen and oxygen atoms in total. The summed E-state index contributed by atoms with van der Waals surface area (Å²) in [7, 11) is 0.869. The Labute approximate surface area is 310 Å². The quantitative estimate of drug-likeness (QED) is 0.122. The number of hydrogen-bond acceptors (Lipinski definition) is 6. The molecule has 4 aliphatic rings. The SMILES string of the molecule is CO[C@](C(=O)O[C@H]1CC[C@]2(C)[C@@]3(C)c4[nH]c5ccc([C@H](O)C6OC6(C)C)c(CC=C(C)C)c5c4C[C@@H]3CC[C@@]2(O)C1(C)C)(c1ccccc1)C(F)(F)F. The van der Waals surface area contributed by atoms with Gasteiger partial charge in [0.25, 0.3) is 5.60 Å². The number of halogens is 3. The van der Waals surface area contributed by atoms with Gasteiger partial charge in [0.1, 0.15) is 18.3 Å². The first-order valence-corrected chi connectivity index (χ1v) is 18.9. The van der Waals surface area contributed by atoms with Gasteiger partial charge in [-0.3, -0.25) is 0 Å². The van der Waals surface area contributed by atoms with Gasteiger partial charge in [0, 0.05) is 45.5 Å². The number of aromatic amines is 1. The van der Waals surface area contributed by atoms with Crippen LogP contribution < -0.4 is 0 Å². The minimum absolute atomic E-state index is 0.188. The summed E-state index contributed by atoms with van der Waals surface area (Å²) in [5.41, 5.74) is -1.54. The number of esters is 1. The highest BCUT2D eigenvalue weighted by Gasteiger charge is 2.74. The standard InChI is InChI=1S/C43H54F3NO6/c1-24(2)15-16-27-28(33(48)35-38(5,6)53-35)17-18-30-32(27)29-23-26-19-22-41(50)37(3,4)31(20-21-39(41,7)40(26,8)34(29)47-30)52-36(49)42(51-9,43(44,45)46)25-13-11-10-12-14-25/h10-15,17-18,26,31,33,35,47-48,50H,16,19-23H2,1-9H3/t26-,31-,33-,35?,39+,40+,41+,42-/m0/s1. The summed E-state index contributed by atoms with van der Waals surface area (Å²) < 4.78 is 61.4. The zero-order valence-corrected chi connectivity index (χ0v) is 32.3. The molecular weight excluding hydrogens is 683 g/mol. The van der Waals surface area contributed by atoms with Crippen LogP contribution in [0.15, 0.2) is 54.1 Å². The number of rotatable bonds is 8. The molecule has 3 aliphatic carbocycles. The topological polar surface area (TPSA) is 104 Å². The average molecular weight is 738 g/mol. The maximum Gasteiger partial charge on any atom is 0.432 e. The van der Waals surface area contributed by atoms with E-state index in [4.69, 9.17) is 14.2 Å². The second kappa shape index (κ2) is 12.2. The fraction of sp³-hybridized carbons (Fsp3) is 0.605. The largest absolute Gasteiger partial charge is 0.459 e. The lowest BCUT2D eigenvalue weighted by molar-refractivity contribution is -0.296. The second-order valence-electron chi connectivity index (χ2n) is 17.8. The number of aliphatic hydroxyl groups is 2. The highest BCUT2D eigenvalue weighted by molar-refractivity contribution is 5.91. The fourth-order valence-electron chi connectivity index (χ4n) is 11.0. The Morgan fingerprint density at radius 3 is 2.28 bits per heavy atom. The molecule has 0 radical (unpaired) electrons. The number of aromatic nitrogens is 1. The summed E-state index contributed by atoms with van der Waals surface area (Å²) in [5, 5.41) is 25.8. The van der Waals surface area contributed by atoms with E-state index < -0.39 is 57.4 Å². The number of aliphatic hydroxyl groups excluding tert-OH is 1. The van der Waals surface area contributed by atoms with Gasteiger partial charge in [-0.1, -0.05) is 75.7 Å². The van der Waals surface area contributed by atoms with Gasteiger partial charge in [-0.05, 0) is 94.9 Å². The van der Waals surface area contributed by atoms with Crippen LogP contribution in [-0.2, 0) is 42.9 Å². The first-order valence-electron chi connectivity index (χ1n) is 18.9. The van der Waals surface area contributed by atoms with Crippen molar-refractivity contribution in [3.63, 3.8) is 0 Å². The van der Waals surface area contributed by atoms with Crippen LogP contribution in [0.1, 0.15) is 115 Å². The number of ether oxygens (including phenoxy) is 3. The van der Waals surface area contributed by atoms with Gasteiger partial charge in [-0.25, -0.2) is 4.79 Å². The van der Waals surface area contributed by atoms with Crippen LogP contribution in [0.4, 0.5) is 13.2 Å². The number of carbonyl (C=O) groups excluding carboxylic acids is 1. The van der Waals surface area contributed by atoms with E-state index in [9.17, 15) is 28.2 Å². The Hall–Kier alpha value is -3.18. The van der Waals surface area contributed by atoms with E-state index in [2.05, 4.69) is 38.8 Å². The van der Waals surface area contributed by atoms with Crippen LogP contribution in [0, 0.1) is 16.7 Å². The van der Waals surface area contributed by atoms with Gasteiger partial charge < -0.3 is 29.4 Å². The number of carbonyl (C=O) groups is 1. The van der Waals surface area contributed by atoms with Crippen LogP contribution in [-0.4, -0.2) is 57.9 Å². The van der Waals surface area contributed by atoms with E-state index in [0.29, 0.717) is 25.7 Å². The molecule has 10 heteroatoms. The monoisotopic (exact) mass is 737 g/mol. The van der Waals surface area contributed by atoms with Crippen molar-refractivity contribution in [2.45, 2.75) is 141 Å². The van der Waals surface area contributed by atoms with Gasteiger partial charge in [-0.15, -0.1) is 0 Å². The van der Waals surface area contributed by atoms with Crippen molar-refractivity contribution >= 4 is 16.9 Å². The van der Waals surface area contributed by atoms with E-state index in [1.165, 1.54) is 35.4 Å². The number of alkyl halides is 3. The Bertz CT molecular complexity index is 1960. The lowest BCUT2D eigenvalue weighted by atomic mass is 9.38. The minimum Gasteiger partial charge on any atom is -0.459 e. The number of nitrogens with one attached hydrogen (secondary N) is 1. The van der Waals surface area contributed by atoms with Gasteiger partial charge in [-0.2, -0.15) is 13.2 Å². The Balaban J connectivity index is 1.29. The molecule has 3 N–H and O–H groups in total. The molecule has 2 aromatic carbocycles. The number of benzene rings is 2. The number of hydrogen-bond donors (Lipinski definition) is 3. The molecule has 1 aliphatic heterocycles. The summed E-state index contributed by atoms with van der Waals surface area (Å²) in [6.45, 7) is 16.1. The molecule has 3 fully saturated rings. The Morgan fingerprint density at radius 1 is 1.04 bits per heavy atom. The highest BCUT2D eigenvalue weighted by atomic mass is 19.4. The molecule has 2 saturated carbocycles. The molecule has 1 saturated heterocycles. The van der Waals surface area contributed by atoms with Crippen molar-refractivity contribution in [3.05, 3.63) is 82.1 Å². The molecule has 53 heavy (non-hydrogen) atoms. The molecule has 7 rings (SSSR count). The molecule has 2 heterocycles. The van der Waals surface area contributed by atoms with E-state index in [-0.39, 0.29) is 24.0 Å². The van der Waals surface area contributed by atoms with Gasteiger partial charge in [0.2, 0.25) is 0 Å². The van der Waals surface area contributed by atoms with Gasteiger partial charge >= 0.3 is 12.1 Å². The van der Waals surface area contributed by atoms with E-state index in [0.717, 1.165) is 41.3 Å². The minimum atomic E-state index is -5.10. The second-order valence-corrected chi connectivity index (χ2v) is 17.8. The van der Waals surface area contributed by atoms with Crippen molar-refractivity contribution in [1.29, 1.82) is 0 Å². The molecule has 288 valence electrons. The Morgan fingerprint density at radius 2 is 1.70 bits per heavy atom. The normalized spacial score (nSPS) is 32.9. The van der Waals surface area contributed by atoms with Crippen LogP contribution in [0.2, 0.25) is 0 Å². The van der Waals surface area contributed by atoms with Gasteiger partial charge in [0.15, 0.2) is 0 Å². The smallest absolute Gasteiger partial charge is 0.432 e. The Kier molecular flexibility index (Phi) is 8.74. The number of methoxy groups -OCH3 is 1. The first-order chi connectivity index (χ1) is 24.6. The van der Waals surface area contributed by atoms with Crippen molar-refractivity contribution in [2.75, 3.05) is 7.11 Å². The zero-order valence-electron chi connectivity index (χ0n) is 32.3. The number of fused-ring (bicyclic) bond motifs is 7. The average Bonchev–Trinajstić information content (AvgIpc) is 3.41. The van der Waals surface area contributed by atoms with Crippen LogP contribution in [0.25, 0.3) is 10.9 Å². The van der Waals surface area contributed by atoms with E-state index >= 15 is 0 Å². The third-order valence-electron chi connectivity index (χ3n) is 14.5. The lowest BCUT2D eigenvalue weighted by Crippen LogP contribution is -2.73. The van der Waals surface area contributed by atoms with Crippen LogP contribution >= 0.6 is 0 Å². The summed E-state index contributed by atoms with van der Waals surface area (Å²) in [6.07, 6.45) is -1.78. The molecule has 8 atom stereocenters. The lowest BCUT2D eigenvalue weighted by Gasteiger charge is -2.68. The molecule has 0 spiro atoms. The number of epoxide rings is 1. The third-order valence-corrected chi connectivity index (χ3v) is 14.5. The summed E-state index contributed by atoms with van der Waals surface area (Å²) >= 11 is 0. The molecule has 1 unspecified atom stereocenters. The number of allylic oxidation sites excluding steroid dienone is 2. The molecule has 3 aromatic rings. The van der Waals surface area contributed by atoms with Crippen molar-refractivity contribution in [1.82, 2.24) is 4.98 Å². The van der Waals surface area contributed by atoms with E-state index in [1.807, 2.05) is 39.8 Å². The molecule has 1 aromatic heterocycles. The number of H-pyrrole nitrogens is 1. The summed E-state index contributed by atoms with van der Waals surface area (Å²) in [6, 6.07) is 10.9. The first kappa shape index (κ1) is 38.1. The van der Waals surface area contributed by atoms with E-state index in [1.54, 1.807) is 6.07 Å². The zero-order chi connectivity index (χ0) is 38.7. The van der Waals surface area contributed by atoms with Gasteiger partial charge in [0.05, 0.1) is 11.2 Å².